The predicted octanol–water partition coefficient (Wildman–Crippen LogP) is 3.53. The number of rotatable bonds is 3. The first kappa shape index (κ1) is 14.4. The number of ketones is 1. The summed E-state index contributed by atoms with van der Waals surface area (Å²) in [6, 6.07) is 2.33. The molecule has 0 saturated carbocycles. The van der Waals surface area contributed by atoms with E-state index in [-0.39, 0.29) is 5.56 Å². The van der Waals surface area contributed by atoms with E-state index in [1.807, 2.05) is 20.8 Å². The summed E-state index contributed by atoms with van der Waals surface area (Å²) in [5, 5.41) is 4.30. The molecule has 106 valence electrons. The van der Waals surface area contributed by atoms with Crippen molar-refractivity contribution in [3.63, 3.8) is 0 Å². The number of hydrogen-bond donors (Lipinski definition) is 0. The van der Waals surface area contributed by atoms with E-state index in [2.05, 4.69) is 5.10 Å². The Morgan fingerprint density at radius 3 is 2.40 bits per heavy atom. The van der Waals surface area contributed by atoms with Crippen LogP contribution in [0.15, 0.2) is 18.2 Å². The number of benzene rings is 1. The average molecular weight is 278 g/mol. The van der Waals surface area contributed by atoms with Gasteiger partial charge in [-0.1, -0.05) is 0 Å². The van der Waals surface area contributed by atoms with Gasteiger partial charge in [-0.15, -0.1) is 0 Å². The van der Waals surface area contributed by atoms with E-state index in [1.54, 1.807) is 11.6 Å². The van der Waals surface area contributed by atoms with Gasteiger partial charge in [0.1, 0.15) is 17.7 Å². The molecule has 1 heterocycles. The molecule has 2 aromatic rings. The molecule has 0 spiro atoms. The average Bonchev–Trinajstić information content (AvgIpc) is 2.65. The van der Waals surface area contributed by atoms with Crippen molar-refractivity contribution >= 4 is 5.78 Å². The number of nitrogens with zero attached hydrogens (tertiary/aromatic N) is 2. The number of halogens is 2. The molecule has 0 aliphatic heterocycles. The number of carbonyl (C=O) groups excluding carboxylic acids is 1. The number of aromatic nitrogens is 2. The molecule has 0 bridgehead atoms. The Balaban J connectivity index is 2.40. The van der Waals surface area contributed by atoms with E-state index in [0.29, 0.717) is 6.07 Å². The Hall–Kier alpha value is -2.04. The maximum Gasteiger partial charge on any atom is 0.190 e. The maximum atomic E-state index is 13.7. The number of hydrogen-bond acceptors (Lipinski definition) is 2. The van der Waals surface area contributed by atoms with Crippen LogP contribution in [0.2, 0.25) is 0 Å². The van der Waals surface area contributed by atoms with Crippen molar-refractivity contribution in [1.29, 1.82) is 0 Å². The lowest BCUT2D eigenvalue weighted by atomic mass is 10.0. The lowest BCUT2D eigenvalue weighted by Gasteiger charge is -2.14. The molecule has 0 saturated heterocycles. The standard InChI is InChI=1S/C15H16F2N2O/c1-8-9(2)18-19(10(8)3)11(4)15(20)13-6-5-12(16)7-14(13)17/h5-7,11H,1-4H3. The van der Waals surface area contributed by atoms with E-state index >= 15 is 0 Å². The molecule has 0 radical (unpaired) electrons. The van der Waals surface area contributed by atoms with E-state index in [9.17, 15) is 13.6 Å². The number of Topliss-reactive ketones (excluding diaryl/α,β-unsaturated/α-hetero) is 1. The molecular weight excluding hydrogens is 262 g/mol. The smallest absolute Gasteiger partial charge is 0.190 e. The lowest BCUT2D eigenvalue weighted by molar-refractivity contribution is 0.0922. The minimum atomic E-state index is -0.847. The molecule has 3 nitrogen and oxygen atoms in total. The summed E-state index contributed by atoms with van der Waals surface area (Å²) >= 11 is 0. The Morgan fingerprint density at radius 1 is 1.25 bits per heavy atom. The summed E-state index contributed by atoms with van der Waals surface area (Å²) in [4.78, 5) is 12.3. The van der Waals surface area contributed by atoms with E-state index in [1.165, 1.54) is 6.07 Å². The molecular formula is C15H16F2N2O. The van der Waals surface area contributed by atoms with Gasteiger partial charge in [-0.2, -0.15) is 5.10 Å². The van der Waals surface area contributed by atoms with Gasteiger partial charge in [0.25, 0.3) is 0 Å². The van der Waals surface area contributed by atoms with Crippen LogP contribution in [0.4, 0.5) is 8.78 Å². The molecule has 1 aromatic carbocycles. The van der Waals surface area contributed by atoms with Gasteiger partial charge in [0.05, 0.1) is 11.3 Å². The topological polar surface area (TPSA) is 34.9 Å². The van der Waals surface area contributed by atoms with Crippen LogP contribution in [0.3, 0.4) is 0 Å². The van der Waals surface area contributed by atoms with Crippen LogP contribution in [0.5, 0.6) is 0 Å². The van der Waals surface area contributed by atoms with Crippen LogP contribution in [0.25, 0.3) is 0 Å². The lowest BCUT2D eigenvalue weighted by Crippen LogP contribution is -2.20. The van der Waals surface area contributed by atoms with Gasteiger partial charge in [0.2, 0.25) is 0 Å². The highest BCUT2D eigenvalue weighted by Gasteiger charge is 2.23. The van der Waals surface area contributed by atoms with Gasteiger partial charge in [-0.25, -0.2) is 8.78 Å². The number of carbonyl (C=O) groups is 1. The second-order valence-electron chi connectivity index (χ2n) is 4.90. The fourth-order valence-electron chi connectivity index (χ4n) is 2.15. The van der Waals surface area contributed by atoms with E-state index in [4.69, 9.17) is 0 Å². The van der Waals surface area contributed by atoms with Crippen molar-refractivity contribution in [3.05, 3.63) is 52.3 Å². The molecule has 20 heavy (non-hydrogen) atoms. The summed E-state index contributed by atoms with van der Waals surface area (Å²) in [6.45, 7) is 7.29. The fourth-order valence-corrected chi connectivity index (χ4v) is 2.15. The van der Waals surface area contributed by atoms with Crippen LogP contribution >= 0.6 is 0 Å². The molecule has 1 atom stereocenters. The minimum Gasteiger partial charge on any atom is -0.292 e. The molecule has 0 N–H and O–H groups in total. The minimum absolute atomic E-state index is 0.121. The highest BCUT2D eigenvalue weighted by atomic mass is 19.1. The van der Waals surface area contributed by atoms with Crippen LogP contribution < -0.4 is 0 Å². The normalized spacial score (nSPS) is 12.5. The highest BCUT2D eigenvalue weighted by Crippen LogP contribution is 2.21. The SMILES string of the molecule is Cc1nn(C(C)C(=O)c2ccc(F)cc2F)c(C)c1C. The van der Waals surface area contributed by atoms with Gasteiger partial charge in [-0.3, -0.25) is 9.48 Å². The van der Waals surface area contributed by atoms with Crippen molar-refractivity contribution in [1.82, 2.24) is 9.78 Å². The van der Waals surface area contributed by atoms with Crippen molar-refractivity contribution < 1.29 is 13.6 Å². The summed E-state index contributed by atoms with van der Waals surface area (Å²) in [7, 11) is 0. The van der Waals surface area contributed by atoms with Crippen molar-refractivity contribution in [2.24, 2.45) is 0 Å². The Bertz CT molecular complexity index is 677. The monoisotopic (exact) mass is 278 g/mol. The molecule has 5 heteroatoms. The van der Waals surface area contributed by atoms with Gasteiger partial charge >= 0.3 is 0 Å². The van der Waals surface area contributed by atoms with Gasteiger partial charge < -0.3 is 0 Å². The summed E-state index contributed by atoms with van der Waals surface area (Å²) in [5.74, 6) is -1.97. The first-order valence-electron chi connectivity index (χ1n) is 6.34. The molecule has 0 aliphatic rings. The largest absolute Gasteiger partial charge is 0.292 e. The van der Waals surface area contributed by atoms with E-state index in [0.717, 1.165) is 23.0 Å². The first-order chi connectivity index (χ1) is 9.32. The first-order valence-corrected chi connectivity index (χ1v) is 6.34. The molecule has 0 amide bonds. The zero-order chi connectivity index (χ0) is 15.0. The number of aryl methyl sites for hydroxylation is 1. The quantitative estimate of drug-likeness (QED) is 0.805. The van der Waals surface area contributed by atoms with Crippen LogP contribution in [0, 0.1) is 32.4 Å². The molecule has 2 rings (SSSR count). The molecule has 1 aromatic heterocycles. The zero-order valence-electron chi connectivity index (χ0n) is 11.9. The highest BCUT2D eigenvalue weighted by molar-refractivity contribution is 5.99. The second kappa shape index (κ2) is 5.15. The van der Waals surface area contributed by atoms with Crippen LogP contribution in [-0.4, -0.2) is 15.6 Å². The Labute approximate surface area is 116 Å². The summed E-state index contributed by atoms with van der Waals surface area (Å²) in [5.41, 5.74) is 2.58. The predicted molar refractivity (Wildman–Crippen MR) is 71.8 cm³/mol. The summed E-state index contributed by atoms with van der Waals surface area (Å²) in [6.07, 6.45) is 0. The third-order valence-corrected chi connectivity index (χ3v) is 3.63. The Kier molecular flexibility index (Phi) is 3.70. The van der Waals surface area contributed by atoms with Crippen LogP contribution in [0.1, 0.15) is 40.3 Å². The fraction of sp³-hybridized carbons (Fsp3) is 0.333. The van der Waals surface area contributed by atoms with Crippen molar-refractivity contribution in [2.75, 3.05) is 0 Å². The van der Waals surface area contributed by atoms with Gasteiger partial charge in [0.15, 0.2) is 5.78 Å². The second-order valence-corrected chi connectivity index (χ2v) is 4.90. The third kappa shape index (κ3) is 2.35. The maximum absolute atomic E-state index is 13.7. The molecule has 1 unspecified atom stereocenters. The van der Waals surface area contributed by atoms with Crippen molar-refractivity contribution in [3.8, 4) is 0 Å². The summed E-state index contributed by atoms with van der Waals surface area (Å²) < 4.78 is 28.1. The zero-order valence-corrected chi connectivity index (χ0v) is 11.9. The van der Waals surface area contributed by atoms with Gasteiger partial charge in [0, 0.05) is 11.8 Å². The van der Waals surface area contributed by atoms with Crippen LogP contribution in [-0.2, 0) is 0 Å². The Morgan fingerprint density at radius 2 is 1.90 bits per heavy atom. The molecule has 0 fully saturated rings. The van der Waals surface area contributed by atoms with Gasteiger partial charge in [-0.05, 0) is 45.4 Å². The van der Waals surface area contributed by atoms with E-state index < -0.39 is 23.5 Å². The third-order valence-electron chi connectivity index (χ3n) is 3.63. The molecule has 0 aliphatic carbocycles. The van der Waals surface area contributed by atoms with Crippen molar-refractivity contribution in [2.45, 2.75) is 33.7 Å².